The molecule has 0 N–H and O–H groups in total. The highest BCUT2D eigenvalue weighted by Gasteiger charge is 2.09. The summed E-state index contributed by atoms with van der Waals surface area (Å²) in [5.41, 5.74) is 1.82. The first-order chi connectivity index (χ1) is 10.0. The fourth-order valence-corrected chi connectivity index (χ4v) is 2.44. The minimum Gasteiger partial charge on any atom is -0.491 e. The number of halogens is 2. The van der Waals surface area contributed by atoms with Crippen molar-refractivity contribution >= 4 is 21.6 Å². The maximum atomic E-state index is 13.5. The van der Waals surface area contributed by atoms with Gasteiger partial charge in [-0.25, -0.2) is 14.4 Å². The van der Waals surface area contributed by atoms with E-state index in [1.165, 1.54) is 12.1 Å². The molecule has 0 amide bonds. The summed E-state index contributed by atoms with van der Waals surface area (Å²) < 4.78 is 21.4. The van der Waals surface area contributed by atoms with Crippen LogP contribution in [-0.2, 0) is 0 Å². The molecule has 108 valence electrons. The topological polar surface area (TPSA) is 39.4 Å². The molecule has 0 saturated heterocycles. The minimum atomic E-state index is -0.354. The number of hydrogen-bond acceptors (Lipinski definition) is 3. The van der Waals surface area contributed by atoms with Gasteiger partial charge in [-0.3, -0.25) is 0 Å². The van der Waals surface area contributed by atoms with E-state index in [2.05, 4.69) is 25.9 Å². The van der Waals surface area contributed by atoms with E-state index in [-0.39, 0.29) is 11.9 Å². The van der Waals surface area contributed by atoms with Crippen molar-refractivity contribution in [1.29, 1.82) is 0 Å². The quantitative estimate of drug-likeness (QED) is 0.668. The van der Waals surface area contributed by atoms with Crippen molar-refractivity contribution in [1.82, 2.24) is 14.4 Å². The molecule has 4 nitrogen and oxygen atoms in total. The van der Waals surface area contributed by atoms with Crippen LogP contribution in [0.25, 0.3) is 17.0 Å². The van der Waals surface area contributed by atoms with Crippen LogP contribution in [0.15, 0.2) is 41.3 Å². The highest BCUT2D eigenvalue weighted by Crippen LogP contribution is 2.23. The fourth-order valence-electron chi connectivity index (χ4n) is 2.03. The van der Waals surface area contributed by atoms with Crippen LogP contribution in [0.1, 0.15) is 13.8 Å². The molecule has 0 unspecified atom stereocenters. The SMILES string of the molecule is CC(C)Oc1ccn2cc(-c3cc(F)cc(Br)n3)nc2c1. The van der Waals surface area contributed by atoms with Gasteiger partial charge < -0.3 is 9.14 Å². The molecule has 0 bridgehead atoms. The van der Waals surface area contributed by atoms with Crippen LogP contribution in [0.2, 0.25) is 0 Å². The second-order valence-electron chi connectivity index (χ2n) is 4.91. The van der Waals surface area contributed by atoms with Crippen LogP contribution in [0.5, 0.6) is 5.75 Å². The third kappa shape index (κ3) is 3.05. The summed E-state index contributed by atoms with van der Waals surface area (Å²) >= 11 is 3.19. The lowest BCUT2D eigenvalue weighted by Crippen LogP contribution is -2.05. The second kappa shape index (κ2) is 5.44. The van der Waals surface area contributed by atoms with Crippen LogP contribution >= 0.6 is 15.9 Å². The molecule has 0 atom stereocenters. The maximum Gasteiger partial charge on any atom is 0.141 e. The Hall–Kier alpha value is -1.95. The van der Waals surface area contributed by atoms with Crippen LogP contribution in [0, 0.1) is 5.82 Å². The Morgan fingerprint density at radius 2 is 2.00 bits per heavy atom. The van der Waals surface area contributed by atoms with Gasteiger partial charge in [0.25, 0.3) is 0 Å². The van der Waals surface area contributed by atoms with Crippen molar-refractivity contribution in [3.8, 4) is 17.1 Å². The molecule has 0 aliphatic heterocycles. The summed E-state index contributed by atoms with van der Waals surface area (Å²) in [6.07, 6.45) is 3.77. The monoisotopic (exact) mass is 349 g/mol. The van der Waals surface area contributed by atoms with Gasteiger partial charge >= 0.3 is 0 Å². The molecule has 0 aliphatic rings. The lowest BCUT2D eigenvalue weighted by Gasteiger charge is -2.08. The number of ether oxygens (including phenoxy) is 1. The summed E-state index contributed by atoms with van der Waals surface area (Å²) in [4.78, 5) is 8.71. The lowest BCUT2D eigenvalue weighted by atomic mass is 10.3. The molecule has 0 aliphatic carbocycles. The Bertz CT molecular complexity index is 780. The molecule has 21 heavy (non-hydrogen) atoms. The van der Waals surface area contributed by atoms with Gasteiger partial charge in [-0.05, 0) is 35.8 Å². The number of imidazole rings is 1. The molecule has 6 heteroatoms. The molecule has 0 spiro atoms. The van der Waals surface area contributed by atoms with E-state index in [0.717, 1.165) is 11.4 Å². The Balaban J connectivity index is 2.04. The first kappa shape index (κ1) is 14.0. The Labute approximate surface area is 129 Å². The highest BCUT2D eigenvalue weighted by atomic mass is 79.9. The molecule has 0 aromatic carbocycles. The van der Waals surface area contributed by atoms with Gasteiger partial charge in [-0.2, -0.15) is 0 Å². The van der Waals surface area contributed by atoms with Gasteiger partial charge in [0.2, 0.25) is 0 Å². The number of aromatic nitrogens is 3. The van der Waals surface area contributed by atoms with Crippen molar-refractivity contribution in [2.24, 2.45) is 0 Å². The standard InChI is InChI=1S/C15H13BrFN3O/c1-9(2)21-11-3-4-20-8-13(19-15(20)7-11)12-5-10(17)6-14(16)18-12/h3-9H,1-2H3. The Kier molecular flexibility index (Phi) is 3.63. The van der Waals surface area contributed by atoms with Crippen molar-refractivity contribution in [3.63, 3.8) is 0 Å². The molecule has 0 radical (unpaired) electrons. The molecule has 3 aromatic rings. The number of rotatable bonds is 3. The average Bonchev–Trinajstić information content (AvgIpc) is 2.80. The van der Waals surface area contributed by atoms with E-state index in [0.29, 0.717) is 16.0 Å². The molecular weight excluding hydrogens is 337 g/mol. The van der Waals surface area contributed by atoms with Gasteiger partial charge in [-0.15, -0.1) is 0 Å². The fraction of sp³-hybridized carbons (Fsp3) is 0.200. The van der Waals surface area contributed by atoms with Crippen LogP contribution < -0.4 is 4.74 Å². The van der Waals surface area contributed by atoms with E-state index >= 15 is 0 Å². The molecule has 3 aromatic heterocycles. The summed E-state index contributed by atoms with van der Waals surface area (Å²) in [5.74, 6) is 0.399. The molecule has 3 rings (SSSR count). The minimum absolute atomic E-state index is 0.0997. The van der Waals surface area contributed by atoms with E-state index in [1.807, 2.05) is 42.8 Å². The van der Waals surface area contributed by atoms with E-state index in [4.69, 9.17) is 4.74 Å². The molecule has 3 heterocycles. The van der Waals surface area contributed by atoms with Crippen LogP contribution in [0.3, 0.4) is 0 Å². The van der Waals surface area contributed by atoms with Gasteiger partial charge in [0.1, 0.15) is 27.5 Å². The maximum absolute atomic E-state index is 13.5. The van der Waals surface area contributed by atoms with Crippen LogP contribution in [0.4, 0.5) is 4.39 Å². The molecular formula is C15H13BrFN3O. The second-order valence-corrected chi connectivity index (χ2v) is 5.73. The van der Waals surface area contributed by atoms with E-state index < -0.39 is 0 Å². The van der Waals surface area contributed by atoms with Crippen molar-refractivity contribution in [2.45, 2.75) is 20.0 Å². The van der Waals surface area contributed by atoms with Crippen LogP contribution in [-0.4, -0.2) is 20.5 Å². The first-order valence-electron chi connectivity index (χ1n) is 6.50. The largest absolute Gasteiger partial charge is 0.491 e. The van der Waals surface area contributed by atoms with Gasteiger partial charge in [0.15, 0.2) is 0 Å². The lowest BCUT2D eigenvalue weighted by molar-refractivity contribution is 0.242. The van der Waals surface area contributed by atoms with E-state index in [1.54, 1.807) is 0 Å². The number of pyridine rings is 2. The number of nitrogens with zero attached hydrogens (tertiary/aromatic N) is 3. The summed E-state index contributed by atoms with van der Waals surface area (Å²) in [5, 5.41) is 0. The first-order valence-corrected chi connectivity index (χ1v) is 7.29. The molecule has 0 saturated carbocycles. The third-order valence-corrected chi connectivity index (χ3v) is 3.23. The zero-order valence-corrected chi connectivity index (χ0v) is 13.1. The number of hydrogen-bond donors (Lipinski definition) is 0. The highest BCUT2D eigenvalue weighted by molar-refractivity contribution is 9.10. The van der Waals surface area contributed by atoms with Crippen molar-refractivity contribution in [3.05, 3.63) is 47.1 Å². The van der Waals surface area contributed by atoms with Crippen molar-refractivity contribution in [2.75, 3.05) is 0 Å². The zero-order valence-electron chi connectivity index (χ0n) is 11.5. The predicted molar refractivity (Wildman–Crippen MR) is 81.8 cm³/mol. The predicted octanol–water partition coefficient (Wildman–Crippen LogP) is 4.09. The third-order valence-electron chi connectivity index (χ3n) is 2.82. The Morgan fingerprint density at radius 3 is 2.71 bits per heavy atom. The summed E-state index contributed by atoms with van der Waals surface area (Å²) in [6.45, 7) is 3.94. The van der Waals surface area contributed by atoms with Crippen molar-refractivity contribution < 1.29 is 9.13 Å². The summed E-state index contributed by atoms with van der Waals surface area (Å²) in [6, 6.07) is 6.39. The van der Waals surface area contributed by atoms with Gasteiger partial charge in [-0.1, -0.05) is 0 Å². The zero-order chi connectivity index (χ0) is 15.0. The van der Waals surface area contributed by atoms with Gasteiger partial charge in [0, 0.05) is 30.6 Å². The number of fused-ring (bicyclic) bond motifs is 1. The van der Waals surface area contributed by atoms with E-state index in [9.17, 15) is 4.39 Å². The Morgan fingerprint density at radius 1 is 1.19 bits per heavy atom. The average molecular weight is 350 g/mol. The smallest absolute Gasteiger partial charge is 0.141 e. The van der Waals surface area contributed by atoms with Gasteiger partial charge in [0.05, 0.1) is 11.8 Å². The molecule has 0 fully saturated rings. The normalized spacial score (nSPS) is 11.3. The summed E-state index contributed by atoms with van der Waals surface area (Å²) in [7, 11) is 0.